The van der Waals surface area contributed by atoms with Gasteiger partial charge in [-0.25, -0.2) is 0 Å². The summed E-state index contributed by atoms with van der Waals surface area (Å²) in [5.41, 5.74) is 1.24. The third-order valence-electron chi connectivity index (χ3n) is 6.29. The first-order valence-corrected chi connectivity index (χ1v) is 16.2. The van der Waals surface area contributed by atoms with Crippen molar-refractivity contribution in [1.82, 2.24) is 0 Å². The van der Waals surface area contributed by atoms with E-state index < -0.39 is 25.7 Å². The van der Waals surface area contributed by atoms with Gasteiger partial charge in [0.25, 0.3) is 20.2 Å². The van der Waals surface area contributed by atoms with Crippen molar-refractivity contribution in [2.24, 2.45) is 11.3 Å². The third-order valence-corrected chi connectivity index (χ3v) is 12.1. The van der Waals surface area contributed by atoms with E-state index >= 15 is 0 Å². The Morgan fingerprint density at radius 3 is 1.59 bits per heavy atom. The zero-order chi connectivity index (χ0) is 24.4. The van der Waals surface area contributed by atoms with Gasteiger partial charge < -0.3 is 0 Å². The minimum atomic E-state index is -3.95. The zero-order valence-electron chi connectivity index (χ0n) is 19.3. The van der Waals surface area contributed by atoms with Crippen LogP contribution < -0.4 is 0 Å². The van der Waals surface area contributed by atoms with Crippen LogP contribution in [0.25, 0.3) is 0 Å². The molecule has 1 saturated heterocycles. The lowest BCUT2D eigenvalue weighted by Crippen LogP contribution is -2.48. The molecule has 34 heavy (non-hydrogen) atoms. The van der Waals surface area contributed by atoms with Crippen LogP contribution >= 0.6 is 23.5 Å². The first-order chi connectivity index (χ1) is 16.1. The summed E-state index contributed by atoms with van der Waals surface area (Å²) in [6, 6.07) is 13.0. The van der Waals surface area contributed by atoms with Crippen LogP contribution in [0, 0.1) is 25.2 Å². The summed E-state index contributed by atoms with van der Waals surface area (Å²) < 4.78 is 62.5. The molecular formula is C24H30O6S4. The van der Waals surface area contributed by atoms with Gasteiger partial charge in [0.15, 0.2) is 0 Å². The van der Waals surface area contributed by atoms with Crippen molar-refractivity contribution in [2.75, 3.05) is 24.7 Å². The predicted octanol–water partition coefficient (Wildman–Crippen LogP) is 5.01. The molecule has 2 fully saturated rings. The summed E-state index contributed by atoms with van der Waals surface area (Å²) in [6.07, 6.45) is 2.54. The van der Waals surface area contributed by atoms with Crippen LogP contribution in [0.3, 0.4) is 0 Å². The number of aryl methyl sites for hydroxylation is 2. The van der Waals surface area contributed by atoms with Gasteiger partial charge in [-0.3, -0.25) is 8.37 Å². The average Bonchev–Trinajstić information content (AvgIpc) is 2.79. The second-order valence-electron chi connectivity index (χ2n) is 9.19. The van der Waals surface area contributed by atoms with Crippen LogP contribution in [0.5, 0.6) is 0 Å². The van der Waals surface area contributed by atoms with E-state index in [1.807, 2.05) is 37.4 Å². The third kappa shape index (κ3) is 6.20. The Morgan fingerprint density at radius 2 is 1.18 bits per heavy atom. The lowest BCUT2D eigenvalue weighted by molar-refractivity contribution is -0.0236. The Labute approximate surface area is 211 Å². The minimum Gasteiger partial charge on any atom is -0.266 e. The highest BCUT2D eigenvalue weighted by atomic mass is 32.2. The number of hydrogen-bond acceptors (Lipinski definition) is 8. The molecule has 10 heteroatoms. The van der Waals surface area contributed by atoms with Gasteiger partial charge in [0, 0.05) is 5.41 Å². The van der Waals surface area contributed by atoms with E-state index in [9.17, 15) is 16.8 Å². The summed E-state index contributed by atoms with van der Waals surface area (Å²) in [4.78, 5) is 0.187. The normalized spacial score (nSPS) is 19.6. The van der Waals surface area contributed by atoms with Gasteiger partial charge in [0.1, 0.15) is 0 Å². The Hall–Kier alpha value is -1.04. The van der Waals surface area contributed by atoms with Crippen LogP contribution in [-0.4, -0.2) is 46.1 Å². The van der Waals surface area contributed by atoms with E-state index in [1.165, 1.54) is 30.7 Å². The Morgan fingerprint density at radius 1 is 0.765 bits per heavy atom. The minimum absolute atomic E-state index is 0.0933. The van der Waals surface area contributed by atoms with E-state index in [4.69, 9.17) is 8.37 Å². The molecule has 0 N–H and O–H groups in total. The number of rotatable bonds is 9. The molecule has 0 aromatic heterocycles. The summed E-state index contributed by atoms with van der Waals surface area (Å²) in [5.74, 6) is 2.63. The number of thioether (sulfide) groups is 2. The molecule has 4 rings (SSSR count). The van der Waals surface area contributed by atoms with Crippen molar-refractivity contribution < 1.29 is 25.2 Å². The lowest BCUT2D eigenvalue weighted by Gasteiger charge is -2.50. The lowest BCUT2D eigenvalue weighted by atomic mass is 9.63. The molecule has 6 nitrogen and oxygen atoms in total. The van der Waals surface area contributed by atoms with E-state index in [1.54, 1.807) is 24.3 Å². The van der Waals surface area contributed by atoms with E-state index in [2.05, 4.69) is 0 Å². The zero-order valence-corrected chi connectivity index (χ0v) is 22.6. The van der Waals surface area contributed by atoms with Gasteiger partial charge >= 0.3 is 0 Å². The Balaban J connectivity index is 1.47. The van der Waals surface area contributed by atoms with E-state index in [-0.39, 0.29) is 23.0 Å². The van der Waals surface area contributed by atoms with Crippen LogP contribution in [-0.2, 0) is 28.6 Å². The summed E-state index contributed by atoms with van der Waals surface area (Å²) >= 11 is 3.87. The maximum absolute atomic E-state index is 12.8. The van der Waals surface area contributed by atoms with E-state index in [0.717, 1.165) is 22.6 Å². The monoisotopic (exact) mass is 542 g/mol. The second-order valence-corrected chi connectivity index (χ2v) is 15.2. The van der Waals surface area contributed by atoms with Crippen molar-refractivity contribution in [3.8, 4) is 0 Å². The van der Waals surface area contributed by atoms with Crippen molar-refractivity contribution in [3.05, 3.63) is 59.7 Å². The smallest absolute Gasteiger partial charge is 0.266 e. The molecule has 0 radical (unpaired) electrons. The standard InChI is InChI=1S/C24H30O6S4/c1-18-4-8-21(9-5-18)33(25,26)29-16-24(14-20(15-24)23-31-12-3-13-32-23)17-30-34(27,28)22-10-6-19(2)7-11-22/h4-11,20,23H,3,12-17H2,1-2H3. The summed E-state index contributed by atoms with van der Waals surface area (Å²) in [5, 5.41) is 0. The van der Waals surface area contributed by atoms with Gasteiger partial charge in [0.05, 0.1) is 27.6 Å². The Bertz CT molecular complexity index is 1100. The van der Waals surface area contributed by atoms with Crippen molar-refractivity contribution in [1.29, 1.82) is 0 Å². The molecule has 1 heterocycles. The fraction of sp³-hybridized carbons (Fsp3) is 0.500. The maximum atomic E-state index is 12.8. The largest absolute Gasteiger partial charge is 0.296 e. The van der Waals surface area contributed by atoms with Crippen LogP contribution in [0.4, 0.5) is 0 Å². The van der Waals surface area contributed by atoms with Crippen LogP contribution in [0.2, 0.25) is 0 Å². The van der Waals surface area contributed by atoms with Gasteiger partial charge in [-0.2, -0.15) is 16.8 Å². The molecule has 0 bridgehead atoms. The molecule has 186 valence electrons. The number of benzene rings is 2. The highest BCUT2D eigenvalue weighted by Gasteiger charge is 2.50. The topological polar surface area (TPSA) is 86.7 Å². The quantitative estimate of drug-likeness (QED) is 0.409. The SMILES string of the molecule is Cc1ccc(S(=O)(=O)OCC2(COS(=O)(=O)c3ccc(C)cc3)CC(C3SCCCS3)C2)cc1. The highest BCUT2D eigenvalue weighted by Crippen LogP contribution is 2.54. The van der Waals surface area contributed by atoms with Crippen LogP contribution in [0.15, 0.2) is 58.3 Å². The van der Waals surface area contributed by atoms with Gasteiger partial charge in [-0.15, -0.1) is 23.5 Å². The molecule has 1 aliphatic carbocycles. The average molecular weight is 543 g/mol. The number of hydrogen-bond donors (Lipinski definition) is 0. The molecule has 0 spiro atoms. The fourth-order valence-electron chi connectivity index (χ4n) is 4.25. The van der Waals surface area contributed by atoms with Crippen molar-refractivity contribution in [2.45, 2.75) is 47.5 Å². The molecule has 1 aliphatic heterocycles. The highest BCUT2D eigenvalue weighted by molar-refractivity contribution is 8.17. The van der Waals surface area contributed by atoms with Crippen molar-refractivity contribution in [3.63, 3.8) is 0 Å². The molecule has 2 aliphatic rings. The molecule has 2 aromatic rings. The summed E-state index contributed by atoms with van der Waals surface area (Å²) in [6.45, 7) is 3.55. The first kappa shape index (κ1) is 26.0. The second kappa shape index (κ2) is 10.5. The molecular weight excluding hydrogens is 513 g/mol. The molecule has 2 aromatic carbocycles. The first-order valence-electron chi connectivity index (χ1n) is 11.2. The van der Waals surface area contributed by atoms with Gasteiger partial charge in [0.2, 0.25) is 0 Å². The molecule has 1 saturated carbocycles. The maximum Gasteiger partial charge on any atom is 0.296 e. The molecule has 0 unspecified atom stereocenters. The predicted molar refractivity (Wildman–Crippen MR) is 137 cm³/mol. The van der Waals surface area contributed by atoms with Crippen molar-refractivity contribution >= 4 is 43.8 Å². The van der Waals surface area contributed by atoms with Crippen LogP contribution in [0.1, 0.15) is 30.4 Å². The molecule has 0 atom stereocenters. The van der Waals surface area contributed by atoms with Gasteiger partial charge in [-0.1, -0.05) is 35.4 Å². The Kier molecular flexibility index (Phi) is 8.06. The molecule has 0 amide bonds. The van der Waals surface area contributed by atoms with Gasteiger partial charge in [-0.05, 0) is 74.8 Å². The fourth-order valence-corrected chi connectivity index (χ4v) is 9.43. The van der Waals surface area contributed by atoms with E-state index in [0.29, 0.717) is 23.3 Å². The summed E-state index contributed by atoms with van der Waals surface area (Å²) in [7, 11) is -7.91.